The quantitative estimate of drug-likeness (QED) is 0.158. The zero-order chi connectivity index (χ0) is 41.0. The fourth-order valence-electron chi connectivity index (χ4n) is 5.65. The molecule has 0 aromatic carbocycles. The minimum atomic E-state index is -0.347. The molecule has 6 aliphatic rings. The molecule has 6 rings (SSSR count). The minimum absolute atomic E-state index is 0.0463. The average molecular weight is 741 g/mol. The zero-order valence-electron chi connectivity index (χ0n) is 34.1. The van der Waals surface area contributed by atoms with Crippen molar-refractivity contribution in [3.8, 4) is 0 Å². The summed E-state index contributed by atoms with van der Waals surface area (Å²) in [4.78, 5) is 62.5. The average Bonchev–Trinajstić information content (AvgIpc) is 3.98. The molecule has 0 radical (unpaired) electrons. The summed E-state index contributed by atoms with van der Waals surface area (Å²) in [6.45, 7) is 27.5. The maximum atomic E-state index is 11.1. The molecular weight excluding hydrogens is 672 g/mol. The Bertz CT molecular complexity index is 1070. The maximum Gasteiger partial charge on any atom is 0.332 e. The van der Waals surface area contributed by atoms with Crippen molar-refractivity contribution in [1.82, 2.24) is 0 Å². The Balaban J connectivity index is -0.000000543. The summed E-state index contributed by atoms with van der Waals surface area (Å²) in [6.07, 6.45) is 10.1. The molecule has 6 unspecified atom stereocenters. The molecule has 12 heteroatoms. The predicted octanol–water partition coefficient (Wildman–Crippen LogP) is 7.67. The Hall–Kier alpha value is -3.96. The van der Waals surface area contributed by atoms with E-state index in [-0.39, 0.29) is 47.8 Å². The van der Waals surface area contributed by atoms with Crippen LogP contribution >= 0.6 is 0 Å². The summed E-state index contributed by atoms with van der Waals surface area (Å²) >= 11 is 0. The number of carbonyl (C=O) groups excluding carboxylic acids is 6. The molecule has 3 aliphatic carbocycles. The third-order valence-corrected chi connectivity index (χ3v) is 7.96. The summed E-state index contributed by atoms with van der Waals surface area (Å²) < 4.78 is 27.6. The first-order valence-electron chi connectivity index (χ1n) is 18.4. The largest absolute Gasteiger partial charge is 0.466 e. The molecule has 0 spiro atoms. The van der Waals surface area contributed by atoms with E-state index in [2.05, 4.69) is 38.7 Å². The van der Waals surface area contributed by atoms with Crippen LogP contribution in [0.1, 0.15) is 120 Å². The van der Waals surface area contributed by atoms with Crippen molar-refractivity contribution in [3.05, 3.63) is 36.5 Å². The van der Waals surface area contributed by atoms with Crippen molar-refractivity contribution >= 4 is 35.8 Å². The van der Waals surface area contributed by atoms with E-state index in [9.17, 15) is 28.8 Å². The number of methoxy groups -OCH3 is 3. The van der Waals surface area contributed by atoms with Crippen LogP contribution in [-0.4, -0.2) is 76.0 Å². The molecule has 3 saturated carbocycles. The van der Waals surface area contributed by atoms with Gasteiger partial charge in [-0.3, -0.25) is 14.4 Å². The summed E-state index contributed by atoms with van der Waals surface area (Å²) in [5.74, 6) is 1.08. The second-order valence-electron chi connectivity index (χ2n) is 11.9. The van der Waals surface area contributed by atoms with Gasteiger partial charge in [0.2, 0.25) is 0 Å². The van der Waals surface area contributed by atoms with E-state index in [1.54, 1.807) is 20.8 Å². The van der Waals surface area contributed by atoms with Crippen molar-refractivity contribution < 1.29 is 57.2 Å². The molecule has 52 heavy (non-hydrogen) atoms. The Morgan fingerprint density at radius 2 is 1.12 bits per heavy atom. The number of hydrogen-bond donors (Lipinski definition) is 0. The van der Waals surface area contributed by atoms with E-state index in [1.807, 2.05) is 41.5 Å². The summed E-state index contributed by atoms with van der Waals surface area (Å²) in [7, 11) is 3.99. The number of fused-ring (bicyclic) bond motifs is 3. The number of esters is 6. The van der Waals surface area contributed by atoms with Crippen LogP contribution in [0.25, 0.3) is 0 Å². The summed E-state index contributed by atoms with van der Waals surface area (Å²) in [5, 5.41) is 0. The van der Waals surface area contributed by atoms with Crippen molar-refractivity contribution in [2.75, 3.05) is 27.9 Å². The Morgan fingerprint density at radius 1 is 0.635 bits per heavy atom. The lowest BCUT2D eigenvalue weighted by molar-refractivity contribution is -0.144. The monoisotopic (exact) mass is 740 g/mol. The number of hydrogen-bond acceptors (Lipinski definition) is 12. The van der Waals surface area contributed by atoms with Crippen LogP contribution in [0.4, 0.5) is 0 Å². The second kappa shape index (κ2) is 30.6. The number of carbonyl (C=O) groups is 6. The van der Waals surface area contributed by atoms with Crippen LogP contribution in [0.5, 0.6) is 0 Å². The van der Waals surface area contributed by atoms with Crippen LogP contribution in [0.2, 0.25) is 0 Å². The standard InChI is InChI=1S/C8H10O2.C7H10O2.3C5H8O2.C4H6O2.3C2H6/c9-8-6-2-4-1-5(6)7(3-4)10-8;8-7-5-2-1-3-6(4-5)9-7;3*1-4(2)5(6)7-3;5-4-2-1-3-6-4;3*1-2/h4-7H,1-3H2;5-6H,1-4H2;3*1H2,2-3H3;1-3H2;3*1-2H3. The highest BCUT2D eigenvalue weighted by atomic mass is 16.6. The molecule has 300 valence electrons. The molecule has 0 amide bonds. The van der Waals surface area contributed by atoms with Gasteiger partial charge in [0.15, 0.2) is 0 Å². The third-order valence-electron chi connectivity index (χ3n) is 7.96. The maximum absolute atomic E-state index is 11.1. The highest BCUT2D eigenvalue weighted by Crippen LogP contribution is 2.54. The van der Waals surface area contributed by atoms with Crippen LogP contribution in [0.15, 0.2) is 36.5 Å². The lowest BCUT2D eigenvalue weighted by Crippen LogP contribution is -2.15. The van der Waals surface area contributed by atoms with Gasteiger partial charge < -0.3 is 28.4 Å². The van der Waals surface area contributed by atoms with Gasteiger partial charge in [0, 0.05) is 29.1 Å². The van der Waals surface area contributed by atoms with Gasteiger partial charge >= 0.3 is 35.8 Å². The van der Waals surface area contributed by atoms with E-state index >= 15 is 0 Å². The first-order chi connectivity index (χ1) is 24.6. The Kier molecular flexibility index (Phi) is 30.9. The SMILES string of the molecule is C=C(C)C(=O)OC.C=C(C)C(=O)OC.C=C(C)C(=O)OC.CC.CC.CC.O=C1CCCO1.O=C1OC2CC3CC1C2C3.O=C1OC2CCCC1C2. The normalized spacial score (nSPS) is 23.7. The van der Waals surface area contributed by atoms with Gasteiger partial charge in [-0.25, -0.2) is 14.4 Å². The highest BCUT2D eigenvalue weighted by molar-refractivity contribution is 5.87. The highest BCUT2D eigenvalue weighted by Gasteiger charge is 2.56. The van der Waals surface area contributed by atoms with Gasteiger partial charge in [-0.15, -0.1) is 0 Å². The molecule has 6 fully saturated rings. The van der Waals surface area contributed by atoms with Crippen LogP contribution in [0.3, 0.4) is 0 Å². The molecule has 0 aromatic heterocycles. The number of ether oxygens (including phenoxy) is 6. The van der Waals surface area contributed by atoms with Crippen LogP contribution in [-0.2, 0) is 57.2 Å². The van der Waals surface area contributed by atoms with Gasteiger partial charge in [0.05, 0.1) is 39.8 Å². The van der Waals surface area contributed by atoms with Crippen molar-refractivity contribution in [1.29, 1.82) is 0 Å². The summed E-state index contributed by atoms with van der Waals surface area (Å²) in [5.41, 5.74) is 1.30. The third kappa shape index (κ3) is 20.8. The van der Waals surface area contributed by atoms with Crippen LogP contribution < -0.4 is 0 Å². The zero-order valence-corrected chi connectivity index (χ0v) is 34.1. The van der Waals surface area contributed by atoms with Crippen molar-refractivity contribution in [3.63, 3.8) is 0 Å². The summed E-state index contributed by atoms with van der Waals surface area (Å²) in [6, 6.07) is 0. The van der Waals surface area contributed by atoms with E-state index < -0.39 is 0 Å². The van der Waals surface area contributed by atoms with E-state index in [4.69, 9.17) is 9.47 Å². The van der Waals surface area contributed by atoms with Gasteiger partial charge in [0.1, 0.15) is 12.2 Å². The second-order valence-corrected chi connectivity index (χ2v) is 11.9. The number of rotatable bonds is 3. The van der Waals surface area contributed by atoms with Gasteiger partial charge in [-0.1, -0.05) is 61.3 Å². The lowest BCUT2D eigenvalue weighted by Gasteiger charge is -2.12. The Morgan fingerprint density at radius 3 is 1.37 bits per heavy atom. The lowest BCUT2D eigenvalue weighted by atomic mass is 9.90. The molecule has 3 heterocycles. The van der Waals surface area contributed by atoms with Crippen LogP contribution in [0, 0.1) is 23.7 Å². The van der Waals surface area contributed by atoms with E-state index in [1.165, 1.54) is 34.2 Å². The van der Waals surface area contributed by atoms with E-state index in [0.29, 0.717) is 47.7 Å². The van der Waals surface area contributed by atoms with Crippen molar-refractivity contribution in [2.45, 2.75) is 132 Å². The Labute approximate surface area is 313 Å². The minimum Gasteiger partial charge on any atom is -0.466 e. The van der Waals surface area contributed by atoms with Gasteiger partial charge in [-0.05, 0) is 78.1 Å². The van der Waals surface area contributed by atoms with E-state index in [0.717, 1.165) is 44.4 Å². The molecule has 4 bridgehead atoms. The molecule has 6 atom stereocenters. The predicted molar refractivity (Wildman–Crippen MR) is 201 cm³/mol. The molecule has 0 aromatic rings. The smallest absolute Gasteiger partial charge is 0.332 e. The number of cyclic esters (lactones) is 1. The molecule has 0 N–H and O–H groups in total. The topological polar surface area (TPSA) is 158 Å². The first-order valence-corrected chi connectivity index (χ1v) is 18.4. The fourth-order valence-corrected chi connectivity index (χ4v) is 5.65. The first kappa shape index (κ1) is 52.4. The van der Waals surface area contributed by atoms with Crippen molar-refractivity contribution in [2.24, 2.45) is 23.7 Å². The van der Waals surface area contributed by atoms with Gasteiger partial charge in [-0.2, -0.15) is 0 Å². The molecular formula is C40H68O12. The fraction of sp³-hybridized carbons (Fsp3) is 0.700. The molecule has 3 aliphatic heterocycles. The molecule has 12 nitrogen and oxygen atoms in total. The van der Waals surface area contributed by atoms with Gasteiger partial charge in [0.25, 0.3) is 0 Å². The molecule has 3 saturated heterocycles.